The van der Waals surface area contributed by atoms with Crippen LogP contribution in [0.15, 0.2) is 157 Å². The van der Waals surface area contributed by atoms with E-state index in [-0.39, 0.29) is 6.04 Å². The Bertz CT molecular complexity index is 2100. The number of aliphatic imine (C=N–C) groups is 1. The topological polar surface area (TPSA) is 29.3 Å². The fourth-order valence-corrected chi connectivity index (χ4v) is 6.63. The van der Waals surface area contributed by atoms with Crippen molar-refractivity contribution < 1.29 is 0 Å². The summed E-state index contributed by atoms with van der Waals surface area (Å²) >= 11 is 0. The van der Waals surface area contributed by atoms with E-state index in [9.17, 15) is 0 Å². The third-order valence-electron chi connectivity index (χ3n) is 8.79. The first kappa shape index (κ1) is 26.2. The number of nitrogens with one attached hydrogen (secondary N) is 1. The molecule has 0 saturated heterocycles. The van der Waals surface area contributed by atoms with Gasteiger partial charge in [-0.15, -0.1) is 0 Å². The molecule has 3 heteroatoms. The first-order chi connectivity index (χ1) is 21.8. The molecule has 0 amide bonds. The van der Waals surface area contributed by atoms with Gasteiger partial charge < -0.3 is 5.32 Å². The predicted molar refractivity (Wildman–Crippen MR) is 185 cm³/mol. The summed E-state index contributed by atoms with van der Waals surface area (Å²) in [6.45, 7) is 0. The van der Waals surface area contributed by atoms with E-state index in [0.29, 0.717) is 0 Å². The van der Waals surface area contributed by atoms with Gasteiger partial charge in [-0.3, -0.25) is 4.57 Å². The third-order valence-corrected chi connectivity index (χ3v) is 8.79. The van der Waals surface area contributed by atoms with Gasteiger partial charge in [-0.1, -0.05) is 133 Å². The number of rotatable bonds is 4. The van der Waals surface area contributed by atoms with Crippen LogP contribution in [0.3, 0.4) is 0 Å². The molecule has 1 aromatic heterocycles. The zero-order chi connectivity index (χ0) is 29.3. The average Bonchev–Trinajstić information content (AvgIpc) is 3.27. The molecule has 3 nitrogen and oxygen atoms in total. The maximum atomic E-state index is 5.51. The maximum Gasteiger partial charge on any atom is 0.208 e. The van der Waals surface area contributed by atoms with Crippen molar-refractivity contribution in [1.82, 2.24) is 9.88 Å². The van der Waals surface area contributed by atoms with Crippen molar-refractivity contribution in [2.75, 3.05) is 0 Å². The molecule has 0 bridgehead atoms. The molecule has 2 heterocycles. The van der Waals surface area contributed by atoms with E-state index in [0.717, 1.165) is 42.0 Å². The number of fused-ring (bicyclic) bond motifs is 3. The second kappa shape index (κ2) is 11.3. The fraction of sp³-hybridized carbons (Fsp3) is 0.0976. The van der Waals surface area contributed by atoms with Crippen molar-refractivity contribution in [3.05, 3.63) is 168 Å². The Morgan fingerprint density at radius 1 is 0.682 bits per heavy atom. The van der Waals surface area contributed by atoms with Gasteiger partial charge in [0.05, 0.1) is 17.1 Å². The van der Waals surface area contributed by atoms with Crippen LogP contribution in [-0.4, -0.2) is 10.5 Å². The Labute approximate surface area is 258 Å². The van der Waals surface area contributed by atoms with E-state index in [1.54, 1.807) is 0 Å². The van der Waals surface area contributed by atoms with Crippen LogP contribution in [0.4, 0.5) is 0 Å². The van der Waals surface area contributed by atoms with Gasteiger partial charge in [-0.2, -0.15) is 0 Å². The number of nitrogens with zero attached hydrogens (tertiary/aromatic N) is 2. The second-order valence-corrected chi connectivity index (χ2v) is 11.5. The monoisotopic (exact) mass is 567 g/mol. The largest absolute Gasteiger partial charge is 0.325 e. The summed E-state index contributed by atoms with van der Waals surface area (Å²) in [5.74, 6) is 0.846. The third kappa shape index (κ3) is 4.77. The van der Waals surface area contributed by atoms with Crippen LogP contribution in [0.25, 0.3) is 44.2 Å². The van der Waals surface area contributed by atoms with Crippen LogP contribution in [0.2, 0.25) is 0 Å². The van der Waals surface area contributed by atoms with Crippen molar-refractivity contribution in [3.63, 3.8) is 0 Å². The minimum absolute atomic E-state index is 0.0139. The van der Waals surface area contributed by atoms with Crippen molar-refractivity contribution in [2.24, 2.45) is 4.99 Å². The molecule has 1 atom stereocenters. The fourth-order valence-electron chi connectivity index (χ4n) is 6.63. The van der Waals surface area contributed by atoms with Crippen molar-refractivity contribution >= 4 is 39.0 Å². The molecule has 5 aromatic carbocycles. The predicted octanol–water partition coefficient (Wildman–Crippen LogP) is 10.2. The summed E-state index contributed by atoms with van der Waals surface area (Å²) in [5, 5.41) is 6.30. The molecule has 1 aliphatic carbocycles. The molecule has 1 unspecified atom stereocenters. The zero-order valence-electron chi connectivity index (χ0n) is 24.5. The molecule has 0 fully saturated rings. The summed E-state index contributed by atoms with van der Waals surface area (Å²) in [5.41, 5.74) is 10.9. The highest BCUT2D eigenvalue weighted by Crippen LogP contribution is 2.40. The summed E-state index contributed by atoms with van der Waals surface area (Å²) in [4.78, 5) is 5.51. The Morgan fingerprint density at radius 2 is 1.39 bits per heavy atom. The van der Waals surface area contributed by atoms with Gasteiger partial charge in [0, 0.05) is 22.0 Å². The molecule has 1 aliphatic heterocycles. The van der Waals surface area contributed by atoms with E-state index in [1.165, 1.54) is 44.1 Å². The van der Waals surface area contributed by atoms with Gasteiger partial charge in [-0.25, -0.2) is 4.99 Å². The molecule has 8 rings (SSSR count). The second-order valence-electron chi connectivity index (χ2n) is 11.5. The highest BCUT2D eigenvalue weighted by Gasteiger charge is 2.24. The summed E-state index contributed by atoms with van der Waals surface area (Å²) in [6.07, 6.45) is 11.9. The summed E-state index contributed by atoms with van der Waals surface area (Å²) in [6, 6.07) is 45.5. The Morgan fingerprint density at radius 3 is 2.14 bits per heavy atom. The Hall–Kier alpha value is -5.41. The number of hydrogen-bond acceptors (Lipinski definition) is 2. The van der Waals surface area contributed by atoms with Crippen LogP contribution >= 0.6 is 0 Å². The lowest BCUT2D eigenvalue weighted by Gasteiger charge is -2.19. The van der Waals surface area contributed by atoms with Crippen LogP contribution in [-0.2, 0) is 0 Å². The average molecular weight is 568 g/mol. The van der Waals surface area contributed by atoms with Gasteiger partial charge in [0.2, 0.25) is 5.96 Å². The number of para-hydroxylation sites is 1. The number of benzene rings is 5. The maximum absolute atomic E-state index is 5.51. The lowest BCUT2D eigenvalue weighted by atomic mass is 9.91. The van der Waals surface area contributed by atoms with Gasteiger partial charge in [-0.05, 0) is 65.3 Å². The molecular formula is C41H33N3. The van der Waals surface area contributed by atoms with Crippen LogP contribution in [0, 0.1) is 0 Å². The highest BCUT2D eigenvalue weighted by molar-refractivity contribution is 6.18. The lowest BCUT2D eigenvalue weighted by Crippen LogP contribution is -2.29. The van der Waals surface area contributed by atoms with E-state index in [2.05, 4.69) is 162 Å². The number of aromatic nitrogens is 1. The normalized spacial score (nSPS) is 16.6. The molecule has 0 radical (unpaired) electrons. The summed E-state index contributed by atoms with van der Waals surface area (Å²) in [7, 11) is 0. The van der Waals surface area contributed by atoms with Gasteiger partial charge >= 0.3 is 0 Å². The van der Waals surface area contributed by atoms with E-state index in [1.807, 2.05) is 0 Å². The van der Waals surface area contributed by atoms with Crippen molar-refractivity contribution in [1.29, 1.82) is 0 Å². The van der Waals surface area contributed by atoms with E-state index in [4.69, 9.17) is 4.99 Å². The standard InChI is InChI=1S/C41H33N3/c1-5-15-29(16-6-1)33-27-35(30-17-7-2-8-18-30)40-36(28-33)34-23-13-14-24-39(34)44(40)41-42-37(31-19-9-3-10-20-31)25-26-38(43-41)32-21-11-4-12-22-32/h1-7,9-17,19-25,27-28,38H,8,18,26H2,(H,42,43). The smallest absolute Gasteiger partial charge is 0.208 e. The molecule has 6 aromatic rings. The van der Waals surface area contributed by atoms with E-state index < -0.39 is 0 Å². The van der Waals surface area contributed by atoms with Gasteiger partial charge in [0.15, 0.2) is 0 Å². The van der Waals surface area contributed by atoms with Gasteiger partial charge in [0.1, 0.15) is 0 Å². The zero-order valence-corrected chi connectivity index (χ0v) is 24.5. The van der Waals surface area contributed by atoms with Crippen LogP contribution in [0.1, 0.15) is 42.0 Å². The highest BCUT2D eigenvalue weighted by atomic mass is 15.2. The van der Waals surface area contributed by atoms with Crippen LogP contribution in [0.5, 0.6) is 0 Å². The molecular weight excluding hydrogens is 534 g/mol. The van der Waals surface area contributed by atoms with E-state index >= 15 is 0 Å². The molecule has 44 heavy (non-hydrogen) atoms. The molecule has 212 valence electrons. The molecule has 0 spiro atoms. The lowest BCUT2D eigenvalue weighted by molar-refractivity contribution is 0.742. The first-order valence-corrected chi connectivity index (χ1v) is 15.5. The van der Waals surface area contributed by atoms with Crippen molar-refractivity contribution in [2.45, 2.75) is 25.3 Å². The summed E-state index contributed by atoms with van der Waals surface area (Å²) < 4.78 is 2.38. The van der Waals surface area contributed by atoms with Crippen LogP contribution < -0.4 is 5.32 Å². The SMILES string of the molecule is C1=CCCC(c2cc(-c3ccccc3)cc3c4ccccc4n(C4=NC(c5ccccc5)CC=C(c5ccccc5)N4)c23)=C1. The molecule has 1 N–H and O–H groups in total. The Balaban J connectivity index is 1.43. The minimum atomic E-state index is -0.0139. The Kier molecular flexibility index (Phi) is 6.77. The number of allylic oxidation sites excluding steroid dienone is 4. The number of hydrogen-bond donors (Lipinski definition) is 1. The molecule has 2 aliphatic rings. The molecule has 0 saturated carbocycles. The van der Waals surface area contributed by atoms with Gasteiger partial charge in [0.25, 0.3) is 0 Å². The first-order valence-electron chi connectivity index (χ1n) is 15.5. The quantitative estimate of drug-likeness (QED) is 0.226. The van der Waals surface area contributed by atoms with Crippen molar-refractivity contribution in [3.8, 4) is 11.1 Å². The minimum Gasteiger partial charge on any atom is -0.325 e.